The average molecular weight is 460 g/mol. The molecule has 0 aliphatic carbocycles. The Morgan fingerprint density at radius 1 is 1.00 bits per heavy atom. The minimum Gasteiger partial charge on any atom is -0.451 e. The molecule has 0 aliphatic rings. The quantitative estimate of drug-likeness (QED) is 0.240. The van der Waals surface area contributed by atoms with Crippen LogP contribution in [0.5, 0.6) is 5.75 Å². The smallest absolute Gasteiger partial charge is 0.387 e. The molecule has 0 saturated heterocycles. The van der Waals surface area contributed by atoms with Crippen LogP contribution in [0.3, 0.4) is 0 Å². The molecule has 5 nitrogen and oxygen atoms in total. The molecular weight excluding hydrogens is 436 g/mol. The van der Waals surface area contributed by atoms with Crippen LogP contribution in [0.4, 0.5) is 8.78 Å². The Morgan fingerprint density at radius 3 is 2.28 bits per heavy atom. The third kappa shape index (κ3) is 5.02. The SMILES string of the molecule is CSc1ccccc1C(=O)OC(C)C(=O)c1cc(C)n(-c2ccc(OC(F)F)cc2)c1C. The number of carbonyl (C=O) groups is 2. The number of halogens is 2. The largest absolute Gasteiger partial charge is 0.451 e. The molecule has 0 bridgehead atoms. The summed E-state index contributed by atoms with van der Waals surface area (Å²) in [5, 5.41) is 0. The van der Waals surface area contributed by atoms with Gasteiger partial charge in [0, 0.05) is 27.5 Å². The number of ether oxygens (including phenoxy) is 2. The van der Waals surface area contributed by atoms with Crippen molar-refractivity contribution in [2.45, 2.75) is 38.4 Å². The second kappa shape index (κ2) is 9.99. The fraction of sp³-hybridized carbons (Fsp3) is 0.250. The van der Waals surface area contributed by atoms with Crippen molar-refractivity contribution in [2.24, 2.45) is 0 Å². The van der Waals surface area contributed by atoms with E-state index in [2.05, 4.69) is 4.74 Å². The van der Waals surface area contributed by atoms with Crippen molar-refractivity contribution in [3.8, 4) is 11.4 Å². The van der Waals surface area contributed by atoms with Gasteiger partial charge in [-0.05, 0) is 69.5 Å². The Hall–Kier alpha value is -3.13. The average Bonchev–Trinajstić information content (AvgIpc) is 3.07. The normalized spacial score (nSPS) is 12.0. The van der Waals surface area contributed by atoms with Gasteiger partial charge in [-0.3, -0.25) is 4.79 Å². The van der Waals surface area contributed by atoms with Gasteiger partial charge >= 0.3 is 12.6 Å². The number of ketones is 1. The number of thioether (sulfide) groups is 1. The van der Waals surface area contributed by atoms with E-state index in [-0.39, 0.29) is 11.5 Å². The van der Waals surface area contributed by atoms with Crippen LogP contribution in [0.1, 0.15) is 39.0 Å². The number of benzene rings is 2. The van der Waals surface area contributed by atoms with Gasteiger partial charge in [0.05, 0.1) is 5.56 Å². The Balaban J connectivity index is 1.81. The van der Waals surface area contributed by atoms with Crippen molar-refractivity contribution in [2.75, 3.05) is 6.26 Å². The topological polar surface area (TPSA) is 57.5 Å². The molecule has 0 spiro atoms. The fourth-order valence-corrected chi connectivity index (χ4v) is 4.08. The predicted octanol–water partition coefficient (Wildman–Crippen LogP) is 5.85. The molecule has 1 atom stereocenters. The Labute approximate surface area is 189 Å². The summed E-state index contributed by atoms with van der Waals surface area (Å²) in [7, 11) is 0. The third-order valence-corrected chi connectivity index (χ3v) is 5.79. The molecule has 0 radical (unpaired) electrons. The highest BCUT2D eigenvalue weighted by molar-refractivity contribution is 7.98. The highest BCUT2D eigenvalue weighted by atomic mass is 32.2. The molecule has 2 aromatic carbocycles. The predicted molar refractivity (Wildman–Crippen MR) is 119 cm³/mol. The summed E-state index contributed by atoms with van der Waals surface area (Å²) >= 11 is 1.43. The van der Waals surface area contributed by atoms with Gasteiger partial charge in [-0.15, -0.1) is 11.8 Å². The van der Waals surface area contributed by atoms with Crippen LogP contribution in [0.25, 0.3) is 5.69 Å². The first-order valence-electron chi connectivity index (χ1n) is 9.85. The number of alkyl halides is 2. The zero-order chi connectivity index (χ0) is 23.4. The van der Waals surface area contributed by atoms with E-state index in [1.807, 2.05) is 29.9 Å². The molecule has 1 aromatic heterocycles. The highest BCUT2D eigenvalue weighted by Gasteiger charge is 2.25. The van der Waals surface area contributed by atoms with E-state index in [1.54, 1.807) is 44.2 Å². The zero-order valence-electron chi connectivity index (χ0n) is 18.1. The van der Waals surface area contributed by atoms with Gasteiger partial charge in [0.2, 0.25) is 5.78 Å². The summed E-state index contributed by atoms with van der Waals surface area (Å²) in [5.41, 5.74) is 2.96. The van der Waals surface area contributed by atoms with Gasteiger partial charge < -0.3 is 14.0 Å². The first-order valence-corrected chi connectivity index (χ1v) is 11.1. The van der Waals surface area contributed by atoms with Crippen LogP contribution in [0.15, 0.2) is 59.5 Å². The maximum absolute atomic E-state index is 13.1. The lowest BCUT2D eigenvalue weighted by Crippen LogP contribution is -2.25. The molecule has 0 amide bonds. The monoisotopic (exact) mass is 459 g/mol. The molecular formula is C24H23F2NO4S. The van der Waals surface area contributed by atoms with E-state index in [4.69, 9.17) is 4.74 Å². The lowest BCUT2D eigenvalue weighted by molar-refractivity contribution is -0.0498. The van der Waals surface area contributed by atoms with Gasteiger partial charge in [-0.25, -0.2) is 4.79 Å². The van der Waals surface area contributed by atoms with Gasteiger partial charge in [0.15, 0.2) is 6.10 Å². The second-order valence-electron chi connectivity index (χ2n) is 7.10. The number of hydrogen-bond donors (Lipinski definition) is 0. The highest BCUT2D eigenvalue weighted by Crippen LogP contribution is 2.26. The molecule has 0 aliphatic heterocycles. The molecule has 0 fully saturated rings. The summed E-state index contributed by atoms with van der Waals surface area (Å²) in [5.74, 6) is -0.829. The van der Waals surface area contributed by atoms with E-state index in [1.165, 1.54) is 23.9 Å². The molecule has 1 unspecified atom stereocenters. The van der Waals surface area contributed by atoms with Gasteiger partial charge in [-0.2, -0.15) is 8.78 Å². The first-order chi connectivity index (χ1) is 15.2. The van der Waals surface area contributed by atoms with E-state index in [9.17, 15) is 18.4 Å². The van der Waals surface area contributed by atoms with Crippen molar-refractivity contribution in [3.63, 3.8) is 0 Å². The summed E-state index contributed by atoms with van der Waals surface area (Å²) in [4.78, 5) is 26.4. The van der Waals surface area contributed by atoms with Crippen molar-refractivity contribution >= 4 is 23.5 Å². The molecule has 0 N–H and O–H groups in total. The van der Waals surface area contributed by atoms with Gasteiger partial charge in [0.1, 0.15) is 5.75 Å². The second-order valence-corrected chi connectivity index (χ2v) is 7.95. The van der Waals surface area contributed by atoms with Gasteiger partial charge in [0.25, 0.3) is 0 Å². The van der Waals surface area contributed by atoms with Crippen molar-refractivity contribution in [1.82, 2.24) is 4.57 Å². The summed E-state index contributed by atoms with van der Waals surface area (Å²) < 4.78 is 36.4. The van der Waals surface area contributed by atoms with Crippen LogP contribution < -0.4 is 4.74 Å². The number of aryl methyl sites for hydroxylation is 1. The Kier molecular flexibility index (Phi) is 7.35. The third-order valence-electron chi connectivity index (χ3n) is 5.00. The number of esters is 1. The molecule has 8 heteroatoms. The van der Waals surface area contributed by atoms with Crippen LogP contribution >= 0.6 is 11.8 Å². The molecule has 3 rings (SSSR count). The van der Waals surface area contributed by atoms with E-state index in [0.29, 0.717) is 22.5 Å². The molecule has 32 heavy (non-hydrogen) atoms. The number of rotatable bonds is 8. The Bertz CT molecular complexity index is 1130. The minimum absolute atomic E-state index is 0.0496. The van der Waals surface area contributed by atoms with Gasteiger partial charge in [-0.1, -0.05) is 12.1 Å². The molecule has 0 saturated carbocycles. The molecule has 1 heterocycles. The number of aromatic nitrogens is 1. The summed E-state index contributed by atoms with van der Waals surface area (Å²) in [6.45, 7) is 2.26. The number of Topliss-reactive ketones (excluding diaryl/α,β-unsaturated/α-hetero) is 1. The fourth-order valence-electron chi connectivity index (χ4n) is 3.50. The van der Waals surface area contributed by atoms with Crippen molar-refractivity contribution in [3.05, 3.63) is 77.1 Å². The van der Waals surface area contributed by atoms with Crippen molar-refractivity contribution in [1.29, 1.82) is 0 Å². The summed E-state index contributed by atoms with van der Waals surface area (Å²) in [6, 6.07) is 14.9. The van der Waals surface area contributed by atoms with E-state index < -0.39 is 18.7 Å². The first kappa shape index (κ1) is 23.5. The van der Waals surface area contributed by atoms with Crippen LogP contribution in [0.2, 0.25) is 0 Å². The maximum Gasteiger partial charge on any atom is 0.387 e. The number of nitrogens with zero attached hydrogens (tertiary/aromatic N) is 1. The van der Waals surface area contributed by atoms with E-state index in [0.717, 1.165) is 10.6 Å². The van der Waals surface area contributed by atoms with Crippen LogP contribution in [0, 0.1) is 13.8 Å². The number of carbonyl (C=O) groups excluding carboxylic acids is 2. The van der Waals surface area contributed by atoms with Crippen molar-refractivity contribution < 1.29 is 27.8 Å². The van der Waals surface area contributed by atoms with E-state index >= 15 is 0 Å². The maximum atomic E-state index is 13.1. The molecule has 3 aromatic rings. The number of hydrogen-bond acceptors (Lipinski definition) is 5. The Morgan fingerprint density at radius 2 is 1.66 bits per heavy atom. The lowest BCUT2D eigenvalue weighted by Gasteiger charge is -2.14. The standard InChI is InChI=1S/C24H23F2NO4S/c1-14-13-20(15(2)27(14)17-9-11-18(12-10-17)31-24(25)26)22(28)16(3)30-23(29)19-7-5-6-8-21(19)32-4/h5-13,16,24H,1-4H3. The molecule has 168 valence electrons. The lowest BCUT2D eigenvalue weighted by atomic mass is 10.1. The minimum atomic E-state index is -2.90. The van der Waals surface area contributed by atoms with Crippen LogP contribution in [-0.4, -0.2) is 35.3 Å². The zero-order valence-corrected chi connectivity index (χ0v) is 18.9. The summed E-state index contributed by atoms with van der Waals surface area (Å²) in [6.07, 6.45) is 0.884. The van der Waals surface area contributed by atoms with Crippen LogP contribution in [-0.2, 0) is 4.74 Å².